The molecule has 1 unspecified atom stereocenters. The fourth-order valence-corrected chi connectivity index (χ4v) is 5.27. The lowest BCUT2D eigenvalue weighted by Crippen LogP contribution is -2.57. The van der Waals surface area contributed by atoms with Crippen LogP contribution in [0.2, 0.25) is 0 Å². The Morgan fingerprint density at radius 1 is 1.27 bits per heavy atom. The van der Waals surface area contributed by atoms with E-state index in [1.165, 1.54) is 24.4 Å². The molecule has 10 nitrogen and oxygen atoms in total. The van der Waals surface area contributed by atoms with Crippen LogP contribution in [0.15, 0.2) is 59.1 Å². The molecule has 6 rings (SSSR count). The zero-order chi connectivity index (χ0) is 28.1. The number of allylic oxidation sites excluding steroid dienone is 1. The SMILES string of the molecule is CC1(C)OC[C@H](COc2ccnc(NC(=O)C3(c4cccc(C(F)(F)F)c4)N=CC4=C(N[C@H]5CCN4C5)N3)c2)O1. The van der Waals surface area contributed by atoms with Crippen molar-refractivity contribution in [1.29, 1.82) is 0 Å². The molecule has 0 spiro atoms. The molecule has 13 heteroatoms. The predicted molar refractivity (Wildman–Crippen MR) is 138 cm³/mol. The first kappa shape index (κ1) is 26.4. The highest BCUT2D eigenvalue weighted by Gasteiger charge is 2.47. The molecule has 40 heavy (non-hydrogen) atoms. The first-order chi connectivity index (χ1) is 19.0. The van der Waals surface area contributed by atoms with Crippen LogP contribution in [0, 0.1) is 0 Å². The van der Waals surface area contributed by atoms with Gasteiger partial charge in [-0.1, -0.05) is 12.1 Å². The molecule has 2 aromatic rings. The van der Waals surface area contributed by atoms with Crippen molar-refractivity contribution in [2.24, 2.45) is 4.99 Å². The Morgan fingerprint density at radius 2 is 2.12 bits per heavy atom. The molecule has 0 radical (unpaired) electrons. The molecule has 4 aliphatic heterocycles. The minimum absolute atomic E-state index is 0.0331. The second kappa shape index (κ2) is 9.66. The van der Waals surface area contributed by atoms with Crippen molar-refractivity contribution in [3.05, 3.63) is 65.2 Å². The Kier molecular flexibility index (Phi) is 6.37. The molecule has 2 saturated heterocycles. The Bertz CT molecular complexity index is 1380. The maximum Gasteiger partial charge on any atom is 0.416 e. The zero-order valence-corrected chi connectivity index (χ0v) is 21.9. The number of aromatic nitrogens is 1. The van der Waals surface area contributed by atoms with Crippen LogP contribution in [0.3, 0.4) is 0 Å². The molecular formula is C27H29F3N6O4. The summed E-state index contributed by atoms with van der Waals surface area (Å²) in [6.45, 7) is 5.86. The maximum atomic E-state index is 13.9. The lowest BCUT2D eigenvalue weighted by Gasteiger charge is -2.40. The van der Waals surface area contributed by atoms with Gasteiger partial charge in [0, 0.05) is 37.0 Å². The van der Waals surface area contributed by atoms with Gasteiger partial charge < -0.3 is 35.1 Å². The van der Waals surface area contributed by atoms with Crippen LogP contribution in [0.4, 0.5) is 19.0 Å². The quantitative estimate of drug-likeness (QED) is 0.497. The number of hydrogen-bond acceptors (Lipinski definition) is 9. The molecule has 1 aromatic heterocycles. The van der Waals surface area contributed by atoms with Gasteiger partial charge in [-0.2, -0.15) is 13.2 Å². The van der Waals surface area contributed by atoms with Crippen LogP contribution >= 0.6 is 0 Å². The number of rotatable bonds is 6. The van der Waals surface area contributed by atoms with Crippen LogP contribution in [0.25, 0.3) is 0 Å². The predicted octanol–water partition coefficient (Wildman–Crippen LogP) is 2.94. The molecule has 2 bridgehead atoms. The van der Waals surface area contributed by atoms with Gasteiger partial charge in [0.1, 0.15) is 30.1 Å². The average molecular weight is 559 g/mol. The van der Waals surface area contributed by atoms with Gasteiger partial charge in [0.05, 0.1) is 24.1 Å². The van der Waals surface area contributed by atoms with Crippen LogP contribution in [0.5, 0.6) is 5.75 Å². The molecule has 5 heterocycles. The second-order valence-corrected chi connectivity index (χ2v) is 10.6. The highest BCUT2D eigenvalue weighted by atomic mass is 19.4. The van der Waals surface area contributed by atoms with E-state index in [2.05, 4.69) is 30.8 Å². The van der Waals surface area contributed by atoms with Crippen molar-refractivity contribution in [3.63, 3.8) is 0 Å². The standard InChI is InChI=1S/C27H29F3N6O4/c1-25(2)39-15-20(40-25)14-38-19-6-8-31-22(11-19)34-24(37)26(16-4-3-5-17(10-16)27(28,29)30)32-12-21-23(35-26)33-18-7-9-36(21)13-18/h3-6,8,10-12,18,20,33,35H,7,9,13-15H2,1-2H3,(H,31,34,37)/t18-,20-,26?/m0/s1. The van der Waals surface area contributed by atoms with Gasteiger partial charge in [-0.15, -0.1) is 0 Å². The summed E-state index contributed by atoms with van der Waals surface area (Å²) in [7, 11) is 0. The van der Waals surface area contributed by atoms with Gasteiger partial charge in [0.2, 0.25) is 5.66 Å². The Balaban J connectivity index is 1.27. The monoisotopic (exact) mass is 558 g/mol. The summed E-state index contributed by atoms with van der Waals surface area (Å²) in [5.41, 5.74) is -1.97. The van der Waals surface area contributed by atoms with Crippen molar-refractivity contribution < 1.29 is 32.2 Å². The number of anilines is 1. The third-order valence-electron chi connectivity index (χ3n) is 7.23. The Labute approximate surface area is 228 Å². The maximum absolute atomic E-state index is 13.9. The zero-order valence-electron chi connectivity index (χ0n) is 21.9. The molecule has 0 aliphatic carbocycles. The number of alkyl halides is 3. The molecule has 1 aromatic carbocycles. The van der Waals surface area contributed by atoms with E-state index in [1.54, 1.807) is 12.3 Å². The number of amides is 1. The number of ether oxygens (including phenoxy) is 3. The molecule has 3 N–H and O–H groups in total. The Morgan fingerprint density at radius 3 is 2.90 bits per heavy atom. The first-order valence-electron chi connectivity index (χ1n) is 13.0. The number of carbonyl (C=O) groups is 1. The topological polar surface area (TPSA) is 109 Å². The van der Waals surface area contributed by atoms with Crippen molar-refractivity contribution >= 4 is 17.9 Å². The van der Waals surface area contributed by atoms with E-state index in [9.17, 15) is 18.0 Å². The van der Waals surface area contributed by atoms with E-state index in [1.807, 2.05) is 13.8 Å². The molecule has 4 aliphatic rings. The fourth-order valence-electron chi connectivity index (χ4n) is 5.27. The number of benzene rings is 1. The van der Waals surface area contributed by atoms with E-state index in [0.29, 0.717) is 18.2 Å². The van der Waals surface area contributed by atoms with Gasteiger partial charge in [0.15, 0.2) is 5.79 Å². The smallest absolute Gasteiger partial charge is 0.416 e. The normalized spacial score (nSPS) is 26.7. The van der Waals surface area contributed by atoms with Gasteiger partial charge in [-0.3, -0.25) is 4.79 Å². The number of aliphatic imine (C=N–C) groups is 1. The molecular weight excluding hydrogens is 529 g/mol. The van der Waals surface area contributed by atoms with Crippen LogP contribution in [-0.4, -0.2) is 66.2 Å². The summed E-state index contributed by atoms with van der Waals surface area (Å²) >= 11 is 0. The molecule has 3 atom stereocenters. The van der Waals surface area contributed by atoms with E-state index < -0.39 is 29.1 Å². The van der Waals surface area contributed by atoms with Gasteiger partial charge >= 0.3 is 6.18 Å². The molecule has 1 amide bonds. The highest BCUT2D eigenvalue weighted by molar-refractivity contribution is 6.00. The van der Waals surface area contributed by atoms with E-state index >= 15 is 0 Å². The minimum atomic E-state index is -4.60. The summed E-state index contributed by atoms with van der Waals surface area (Å²) in [6.07, 6.45) is -0.955. The number of pyridine rings is 1. The summed E-state index contributed by atoms with van der Waals surface area (Å²) in [6, 6.07) is 7.92. The van der Waals surface area contributed by atoms with E-state index in [4.69, 9.17) is 14.2 Å². The third kappa shape index (κ3) is 5.06. The van der Waals surface area contributed by atoms with Gasteiger partial charge in [-0.05, 0) is 38.5 Å². The van der Waals surface area contributed by atoms with Crippen molar-refractivity contribution in [1.82, 2.24) is 20.5 Å². The van der Waals surface area contributed by atoms with Crippen molar-refractivity contribution in [2.75, 3.05) is 31.6 Å². The highest BCUT2D eigenvalue weighted by Crippen LogP contribution is 2.36. The lowest BCUT2D eigenvalue weighted by atomic mass is 9.95. The summed E-state index contributed by atoms with van der Waals surface area (Å²) in [5, 5.41) is 9.21. The minimum Gasteiger partial charge on any atom is -0.491 e. The number of hydrogen-bond donors (Lipinski definition) is 3. The van der Waals surface area contributed by atoms with Crippen molar-refractivity contribution in [3.8, 4) is 5.75 Å². The number of fused-ring (bicyclic) bond motifs is 3. The summed E-state index contributed by atoms with van der Waals surface area (Å²) in [4.78, 5) is 24.8. The van der Waals surface area contributed by atoms with Crippen LogP contribution in [-0.2, 0) is 26.1 Å². The van der Waals surface area contributed by atoms with Gasteiger partial charge in [0.25, 0.3) is 5.91 Å². The largest absolute Gasteiger partial charge is 0.491 e. The number of nitrogens with one attached hydrogen (secondary N) is 3. The summed E-state index contributed by atoms with van der Waals surface area (Å²) < 4.78 is 58.0. The number of halogens is 3. The third-order valence-corrected chi connectivity index (χ3v) is 7.23. The lowest BCUT2D eigenvalue weighted by molar-refractivity contribution is -0.141. The second-order valence-electron chi connectivity index (χ2n) is 10.6. The molecule has 0 saturated carbocycles. The fraction of sp³-hybridized carbons (Fsp3) is 0.444. The molecule has 2 fully saturated rings. The Hall–Kier alpha value is -3.84. The van der Waals surface area contributed by atoms with E-state index in [-0.39, 0.29) is 30.1 Å². The first-order valence-corrected chi connectivity index (χ1v) is 13.0. The average Bonchev–Trinajstić information content (AvgIpc) is 3.48. The molecule has 212 valence electrons. The number of carbonyl (C=O) groups excluding carboxylic acids is 1. The van der Waals surface area contributed by atoms with E-state index in [0.717, 1.165) is 37.3 Å². The number of nitrogens with zero attached hydrogens (tertiary/aromatic N) is 3. The summed E-state index contributed by atoms with van der Waals surface area (Å²) in [5.74, 6) is -0.271. The van der Waals surface area contributed by atoms with Gasteiger partial charge in [-0.25, -0.2) is 9.98 Å². The van der Waals surface area contributed by atoms with Crippen LogP contribution < -0.4 is 20.7 Å². The van der Waals surface area contributed by atoms with Crippen molar-refractivity contribution in [2.45, 2.75) is 50.0 Å². The van der Waals surface area contributed by atoms with Crippen LogP contribution in [0.1, 0.15) is 31.4 Å².